The van der Waals surface area contributed by atoms with Crippen LogP contribution in [-0.4, -0.2) is 14.9 Å². The lowest BCUT2D eigenvalue weighted by Gasteiger charge is -2.09. The first kappa shape index (κ1) is 15.5. The van der Waals surface area contributed by atoms with Gasteiger partial charge in [0.2, 0.25) is 11.6 Å². The molecule has 0 spiro atoms. The second-order valence-corrected chi connectivity index (χ2v) is 5.10. The molecule has 0 aliphatic heterocycles. The Labute approximate surface area is 137 Å². The van der Waals surface area contributed by atoms with Crippen LogP contribution in [0.25, 0.3) is 0 Å². The maximum absolute atomic E-state index is 11.5. The third kappa shape index (κ3) is 3.49. The fourth-order valence-electron chi connectivity index (χ4n) is 2.13. The number of furan rings is 1. The van der Waals surface area contributed by atoms with Crippen molar-refractivity contribution in [3.8, 4) is 0 Å². The van der Waals surface area contributed by atoms with Crippen molar-refractivity contribution in [3.63, 3.8) is 0 Å². The van der Waals surface area contributed by atoms with Gasteiger partial charge in [-0.2, -0.15) is 0 Å². The van der Waals surface area contributed by atoms with Crippen LogP contribution in [0.5, 0.6) is 0 Å². The zero-order valence-electron chi connectivity index (χ0n) is 12.9. The molecule has 2 heterocycles. The molecule has 2 N–H and O–H groups in total. The fourth-order valence-corrected chi connectivity index (χ4v) is 2.13. The van der Waals surface area contributed by atoms with Gasteiger partial charge in [-0.3, -0.25) is 10.1 Å². The number of hydrogen-bond donors (Lipinski definition) is 2. The van der Waals surface area contributed by atoms with Gasteiger partial charge in [0.05, 0.1) is 17.7 Å². The molecular formula is C16H15N5O3. The van der Waals surface area contributed by atoms with Crippen molar-refractivity contribution in [1.82, 2.24) is 9.97 Å². The van der Waals surface area contributed by atoms with Crippen molar-refractivity contribution >= 4 is 23.0 Å². The van der Waals surface area contributed by atoms with Gasteiger partial charge in [-0.05, 0) is 31.2 Å². The largest absolute Gasteiger partial charge is 0.467 e. The van der Waals surface area contributed by atoms with Crippen LogP contribution in [0.15, 0.2) is 53.4 Å². The van der Waals surface area contributed by atoms with Crippen LogP contribution in [0.2, 0.25) is 0 Å². The summed E-state index contributed by atoms with van der Waals surface area (Å²) in [5, 5.41) is 17.3. The summed E-state index contributed by atoms with van der Waals surface area (Å²) in [7, 11) is 0. The summed E-state index contributed by atoms with van der Waals surface area (Å²) < 4.78 is 5.20. The number of rotatable bonds is 6. The second-order valence-electron chi connectivity index (χ2n) is 5.10. The molecule has 0 radical (unpaired) electrons. The zero-order valence-corrected chi connectivity index (χ0v) is 12.9. The Morgan fingerprint density at radius 2 is 1.92 bits per heavy atom. The Hall–Kier alpha value is -3.42. The van der Waals surface area contributed by atoms with Gasteiger partial charge in [-0.15, -0.1) is 0 Å². The Balaban J connectivity index is 1.87. The first-order valence-electron chi connectivity index (χ1n) is 7.23. The molecule has 0 bridgehead atoms. The smallest absolute Gasteiger partial charge is 0.353 e. The molecule has 0 saturated heterocycles. The van der Waals surface area contributed by atoms with Gasteiger partial charge in [0.1, 0.15) is 12.1 Å². The second kappa shape index (κ2) is 6.78. The van der Waals surface area contributed by atoms with E-state index in [0.717, 1.165) is 5.56 Å². The molecule has 3 aromatic rings. The minimum absolute atomic E-state index is 0.126. The Morgan fingerprint density at radius 3 is 2.58 bits per heavy atom. The lowest BCUT2D eigenvalue weighted by atomic mass is 10.2. The summed E-state index contributed by atoms with van der Waals surface area (Å²) in [6, 6.07) is 11.0. The van der Waals surface area contributed by atoms with Gasteiger partial charge < -0.3 is 15.1 Å². The summed E-state index contributed by atoms with van der Waals surface area (Å²) in [4.78, 5) is 18.9. The third-order valence-electron chi connectivity index (χ3n) is 3.33. The lowest BCUT2D eigenvalue weighted by molar-refractivity contribution is -0.383. The minimum Gasteiger partial charge on any atom is -0.467 e. The molecule has 0 aliphatic carbocycles. The Morgan fingerprint density at radius 1 is 1.17 bits per heavy atom. The summed E-state index contributed by atoms with van der Waals surface area (Å²) in [6.07, 6.45) is 2.81. The number of aromatic nitrogens is 2. The van der Waals surface area contributed by atoms with Crippen LogP contribution in [-0.2, 0) is 6.54 Å². The summed E-state index contributed by atoms with van der Waals surface area (Å²) in [6.45, 7) is 2.25. The lowest BCUT2D eigenvalue weighted by Crippen LogP contribution is -2.08. The summed E-state index contributed by atoms with van der Waals surface area (Å²) in [5.41, 5.74) is 1.59. The Kier molecular flexibility index (Phi) is 4.37. The van der Waals surface area contributed by atoms with Crippen molar-refractivity contribution in [2.45, 2.75) is 13.5 Å². The van der Waals surface area contributed by atoms with Gasteiger partial charge in [0, 0.05) is 5.69 Å². The van der Waals surface area contributed by atoms with E-state index in [-0.39, 0.29) is 23.9 Å². The molecule has 122 valence electrons. The maximum atomic E-state index is 11.5. The maximum Gasteiger partial charge on any atom is 0.353 e. The molecule has 0 fully saturated rings. The van der Waals surface area contributed by atoms with E-state index >= 15 is 0 Å². The molecule has 0 amide bonds. The standard InChI is InChI=1S/C16H15N5O3/c1-11-4-6-12(7-5-11)20-16-14(21(22)23)15(18-10-19-16)17-9-13-3-2-8-24-13/h2-8,10H,9H2,1H3,(H2,17,18,19,20). The highest BCUT2D eigenvalue weighted by atomic mass is 16.6. The number of aryl methyl sites for hydroxylation is 1. The van der Waals surface area contributed by atoms with Crippen molar-refractivity contribution < 1.29 is 9.34 Å². The highest BCUT2D eigenvalue weighted by Gasteiger charge is 2.23. The van der Waals surface area contributed by atoms with Crippen molar-refractivity contribution in [2.75, 3.05) is 10.6 Å². The highest BCUT2D eigenvalue weighted by molar-refractivity contribution is 5.73. The number of nitro groups is 1. The van der Waals surface area contributed by atoms with Gasteiger partial charge in [0.15, 0.2) is 0 Å². The van der Waals surface area contributed by atoms with E-state index in [1.165, 1.54) is 12.6 Å². The van der Waals surface area contributed by atoms with Crippen LogP contribution in [0.1, 0.15) is 11.3 Å². The zero-order chi connectivity index (χ0) is 16.9. The molecule has 1 aromatic carbocycles. The fraction of sp³-hybridized carbons (Fsp3) is 0.125. The molecular weight excluding hydrogens is 310 g/mol. The topological polar surface area (TPSA) is 106 Å². The summed E-state index contributed by atoms with van der Waals surface area (Å²) >= 11 is 0. The van der Waals surface area contributed by atoms with Gasteiger partial charge >= 0.3 is 5.69 Å². The molecule has 0 aliphatic rings. The number of hydrogen-bond acceptors (Lipinski definition) is 7. The average molecular weight is 325 g/mol. The molecule has 8 heteroatoms. The number of nitrogens with one attached hydrogen (secondary N) is 2. The van der Waals surface area contributed by atoms with Gasteiger partial charge in [-0.1, -0.05) is 17.7 Å². The van der Waals surface area contributed by atoms with E-state index in [1.807, 2.05) is 31.2 Å². The van der Waals surface area contributed by atoms with Crippen LogP contribution in [0.3, 0.4) is 0 Å². The Bertz CT molecular complexity index is 831. The predicted octanol–water partition coefficient (Wildman–Crippen LogP) is 3.64. The van der Waals surface area contributed by atoms with Gasteiger partial charge in [0.25, 0.3) is 0 Å². The number of benzene rings is 1. The van der Waals surface area contributed by atoms with E-state index in [0.29, 0.717) is 11.4 Å². The number of anilines is 3. The molecule has 2 aromatic heterocycles. The van der Waals surface area contributed by atoms with Crippen LogP contribution in [0, 0.1) is 17.0 Å². The first-order chi connectivity index (χ1) is 11.6. The van der Waals surface area contributed by atoms with Crippen molar-refractivity contribution in [1.29, 1.82) is 0 Å². The van der Waals surface area contributed by atoms with Crippen molar-refractivity contribution in [3.05, 3.63) is 70.4 Å². The van der Waals surface area contributed by atoms with Gasteiger partial charge in [-0.25, -0.2) is 9.97 Å². The highest BCUT2D eigenvalue weighted by Crippen LogP contribution is 2.31. The molecule has 8 nitrogen and oxygen atoms in total. The SMILES string of the molecule is Cc1ccc(Nc2ncnc(NCc3ccco3)c2[N+](=O)[O-])cc1. The van der Waals surface area contributed by atoms with Crippen LogP contribution >= 0.6 is 0 Å². The molecule has 0 saturated carbocycles. The van der Waals surface area contributed by atoms with E-state index in [9.17, 15) is 10.1 Å². The van der Waals surface area contributed by atoms with E-state index in [4.69, 9.17) is 4.42 Å². The van der Waals surface area contributed by atoms with Crippen molar-refractivity contribution in [2.24, 2.45) is 0 Å². The minimum atomic E-state index is -0.513. The molecule has 3 rings (SSSR count). The quantitative estimate of drug-likeness (QED) is 0.526. The molecule has 0 unspecified atom stereocenters. The first-order valence-corrected chi connectivity index (χ1v) is 7.23. The van der Waals surface area contributed by atoms with E-state index in [1.54, 1.807) is 12.1 Å². The predicted molar refractivity (Wildman–Crippen MR) is 89.2 cm³/mol. The monoisotopic (exact) mass is 325 g/mol. The third-order valence-corrected chi connectivity index (χ3v) is 3.33. The number of nitrogens with zero attached hydrogens (tertiary/aromatic N) is 3. The van der Waals surface area contributed by atoms with Crippen LogP contribution in [0.4, 0.5) is 23.0 Å². The van der Waals surface area contributed by atoms with E-state index < -0.39 is 4.92 Å². The van der Waals surface area contributed by atoms with E-state index in [2.05, 4.69) is 20.6 Å². The van der Waals surface area contributed by atoms with Crippen LogP contribution < -0.4 is 10.6 Å². The molecule has 24 heavy (non-hydrogen) atoms. The summed E-state index contributed by atoms with van der Waals surface area (Å²) in [5.74, 6) is 0.901. The molecule has 0 atom stereocenters. The average Bonchev–Trinajstić information content (AvgIpc) is 3.08. The normalized spacial score (nSPS) is 10.4.